The highest BCUT2D eigenvalue weighted by Gasteiger charge is 2.17. The fourth-order valence-corrected chi connectivity index (χ4v) is 3.75. The number of aryl methyl sites for hydroxylation is 1. The lowest BCUT2D eigenvalue weighted by Crippen LogP contribution is -2.19. The average molecular weight is 436 g/mol. The number of rotatable bonds is 12. The van der Waals surface area contributed by atoms with E-state index in [1.54, 1.807) is 7.11 Å². The Kier molecular flexibility index (Phi) is 8.87. The first kappa shape index (κ1) is 23.5. The van der Waals surface area contributed by atoms with Crippen LogP contribution in [0, 0.1) is 0 Å². The molecule has 3 rings (SSSR count). The van der Waals surface area contributed by atoms with Crippen LogP contribution in [-0.4, -0.2) is 29.2 Å². The summed E-state index contributed by atoms with van der Waals surface area (Å²) in [6.07, 6.45) is 5.96. The van der Waals surface area contributed by atoms with Crippen LogP contribution in [0.5, 0.6) is 5.75 Å². The number of hydrogen-bond donors (Lipinski definition) is 1. The van der Waals surface area contributed by atoms with E-state index in [9.17, 15) is 4.79 Å². The maximum atomic E-state index is 11.5. The molecular weight excluding hydrogens is 402 g/mol. The molecule has 0 fully saturated rings. The van der Waals surface area contributed by atoms with Crippen molar-refractivity contribution in [3.8, 4) is 17.0 Å². The second kappa shape index (κ2) is 12.1. The average Bonchev–Trinajstić information content (AvgIpc) is 3.24. The third-order valence-corrected chi connectivity index (χ3v) is 5.39. The first-order valence-corrected chi connectivity index (χ1v) is 11.3. The normalized spacial score (nSPS) is 11.8. The Hall–Kier alpha value is -3.12. The fourth-order valence-electron chi connectivity index (χ4n) is 3.75. The van der Waals surface area contributed by atoms with E-state index in [0.29, 0.717) is 13.0 Å². The zero-order valence-electron chi connectivity index (χ0n) is 19.0. The molecule has 0 radical (unpaired) electrons. The van der Waals surface area contributed by atoms with Crippen molar-refractivity contribution < 1.29 is 14.3 Å². The highest BCUT2D eigenvalue weighted by Crippen LogP contribution is 2.26. The lowest BCUT2D eigenvalue weighted by atomic mass is 10.1. The van der Waals surface area contributed by atoms with Crippen LogP contribution in [0.4, 0.5) is 0 Å². The molecule has 2 aromatic carbocycles. The molecule has 32 heavy (non-hydrogen) atoms. The number of hydrogen-bond acceptors (Lipinski definition) is 5. The van der Waals surface area contributed by atoms with Crippen molar-refractivity contribution in [3.05, 3.63) is 72.2 Å². The summed E-state index contributed by atoms with van der Waals surface area (Å²) in [4.78, 5) is 16.5. The first-order valence-electron chi connectivity index (χ1n) is 11.3. The Bertz CT molecular complexity index is 985. The second-order valence-corrected chi connectivity index (χ2v) is 7.82. The van der Waals surface area contributed by atoms with Crippen LogP contribution in [0.15, 0.2) is 60.8 Å². The van der Waals surface area contributed by atoms with Gasteiger partial charge in [0.2, 0.25) is 0 Å². The van der Waals surface area contributed by atoms with Crippen LogP contribution in [0.2, 0.25) is 0 Å². The summed E-state index contributed by atoms with van der Waals surface area (Å²) >= 11 is 0. The highest BCUT2D eigenvalue weighted by molar-refractivity contribution is 5.69. The highest BCUT2D eigenvalue weighted by atomic mass is 16.5. The van der Waals surface area contributed by atoms with Crippen LogP contribution in [0.1, 0.15) is 50.0 Å². The van der Waals surface area contributed by atoms with Gasteiger partial charge in [0.1, 0.15) is 11.6 Å². The molecule has 0 saturated carbocycles. The van der Waals surface area contributed by atoms with Crippen LogP contribution in [-0.2, 0) is 22.5 Å². The molecule has 6 nitrogen and oxygen atoms in total. The van der Waals surface area contributed by atoms with Gasteiger partial charge in [-0.05, 0) is 43.9 Å². The first-order chi connectivity index (χ1) is 15.6. The van der Waals surface area contributed by atoms with E-state index in [-0.39, 0.29) is 12.0 Å². The fraction of sp³-hybridized carbons (Fsp3) is 0.385. The number of nitrogens with zero attached hydrogens (tertiary/aromatic N) is 2. The van der Waals surface area contributed by atoms with Crippen molar-refractivity contribution in [3.63, 3.8) is 0 Å². The van der Waals surface area contributed by atoms with E-state index in [2.05, 4.69) is 22.9 Å². The Balaban J connectivity index is 1.73. The molecule has 0 saturated heterocycles. The van der Waals surface area contributed by atoms with Gasteiger partial charge in [0.05, 0.1) is 25.5 Å². The zero-order valence-corrected chi connectivity index (χ0v) is 19.0. The summed E-state index contributed by atoms with van der Waals surface area (Å²) in [6.45, 7) is 3.07. The number of esters is 1. The van der Waals surface area contributed by atoms with Gasteiger partial charge in [-0.15, -0.1) is 0 Å². The molecule has 170 valence electrons. The van der Waals surface area contributed by atoms with Crippen LogP contribution in [0.3, 0.4) is 0 Å². The summed E-state index contributed by atoms with van der Waals surface area (Å²) < 4.78 is 12.5. The number of aromatic nitrogens is 2. The number of carbonyl (C=O) groups is 1. The SMILES string of the molecule is CCOC(=O)CCCCCn1cc(-c2cccc(OC)c2)nc1C(N)Cc1ccccc1. The van der Waals surface area contributed by atoms with Gasteiger partial charge in [0, 0.05) is 24.7 Å². The van der Waals surface area contributed by atoms with Crippen molar-refractivity contribution in [1.29, 1.82) is 0 Å². The number of methoxy groups -OCH3 is 1. The molecule has 0 aliphatic carbocycles. The molecule has 0 spiro atoms. The lowest BCUT2D eigenvalue weighted by molar-refractivity contribution is -0.143. The molecule has 2 N–H and O–H groups in total. The van der Waals surface area contributed by atoms with Crippen LogP contribution in [0.25, 0.3) is 11.3 Å². The number of unbranched alkanes of at least 4 members (excludes halogenated alkanes) is 2. The minimum absolute atomic E-state index is 0.124. The molecule has 3 aromatic rings. The van der Waals surface area contributed by atoms with Crippen molar-refractivity contribution in [1.82, 2.24) is 9.55 Å². The lowest BCUT2D eigenvalue weighted by Gasteiger charge is -2.14. The molecule has 1 atom stereocenters. The van der Waals surface area contributed by atoms with Gasteiger partial charge in [-0.3, -0.25) is 4.79 Å². The van der Waals surface area contributed by atoms with Crippen molar-refractivity contribution in [2.24, 2.45) is 5.73 Å². The summed E-state index contributed by atoms with van der Waals surface area (Å²) in [5, 5.41) is 0. The molecule has 0 aliphatic heterocycles. The summed E-state index contributed by atoms with van der Waals surface area (Å²) in [7, 11) is 1.66. The van der Waals surface area contributed by atoms with Crippen molar-refractivity contribution in [2.45, 2.75) is 51.6 Å². The van der Waals surface area contributed by atoms with Crippen LogP contribution >= 0.6 is 0 Å². The maximum Gasteiger partial charge on any atom is 0.305 e. The monoisotopic (exact) mass is 435 g/mol. The van der Waals surface area contributed by atoms with Crippen molar-refractivity contribution >= 4 is 5.97 Å². The van der Waals surface area contributed by atoms with E-state index in [1.807, 2.05) is 49.4 Å². The van der Waals surface area contributed by atoms with Gasteiger partial charge >= 0.3 is 5.97 Å². The molecule has 1 heterocycles. The topological polar surface area (TPSA) is 79.4 Å². The minimum atomic E-state index is -0.212. The van der Waals surface area contributed by atoms with E-state index in [1.165, 1.54) is 5.56 Å². The van der Waals surface area contributed by atoms with Gasteiger partial charge in [0.15, 0.2) is 0 Å². The van der Waals surface area contributed by atoms with E-state index in [4.69, 9.17) is 20.2 Å². The number of nitrogens with two attached hydrogens (primary N) is 1. The Labute approximate surface area is 190 Å². The quantitative estimate of drug-likeness (QED) is 0.322. The predicted octanol–water partition coefficient (Wildman–Crippen LogP) is 4.92. The molecule has 1 aromatic heterocycles. The summed E-state index contributed by atoms with van der Waals surface area (Å²) in [6, 6.07) is 17.9. The predicted molar refractivity (Wildman–Crippen MR) is 126 cm³/mol. The number of carbonyl (C=O) groups excluding carboxylic acids is 1. The Morgan fingerprint density at radius 2 is 1.91 bits per heavy atom. The summed E-state index contributed by atoms with van der Waals surface area (Å²) in [5.74, 6) is 1.55. The number of imidazole rings is 1. The zero-order chi connectivity index (χ0) is 22.8. The largest absolute Gasteiger partial charge is 0.497 e. The van der Waals surface area contributed by atoms with Gasteiger partial charge in [-0.1, -0.05) is 48.9 Å². The Morgan fingerprint density at radius 3 is 2.66 bits per heavy atom. The van der Waals surface area contributed by atoms with Gasteiger partial charge < -0.3 is 19.8 Å². The smallest absolute Gasteiger partial charge is 0.305 e. The Morgan fingerprint density at radius 1 is 1.09 bits per heavy atom. The van der Waals surface area contributed by atoms with Crippen LogP contribution < -0.4 is 10.5 Å². The maximum absolute atomic E-state index is 11.5. The standard InChI is InChI=1S/C26H33N3O3/c1-3-32-25(30)15-8-5-9-16-29-19-24(21-13-10-14-22(18-21)31-2)28-26(29)23(27)17-20-11-6-4-7-12-20/h4,6-7,10-14,18-19,23H,3,5,8-9,15-17,27H2,1-2H3. The van der Waals surface area contributed by atoms with Gasteiger partial charge in [0.25, 0.3) is 0 Å². The summed E-state index contributed by atoms with van der Waals surface area (Å²) in [5.41, 5.74) is 9.68. The third-order valence-electron chi connectivity index (χ3n) is 5.39. The van der Waals surface area contributed by atoms with Crippen molar-refractivity contribution in [2.75, 3.05) is 13.7 Å². The molecule has 6 heteroatoms. The van der Waals surface area contributed by atoms with E-state index in [0.717, 1.165) is 55.1 Å². The van der Waals surface area contributed by atoms with E-state index < -0.39 is 0 Å². The molecule has 1 unspecified atom stereocenters. The minimum Gasteiger partial charge on any atom is -0.497 e. The molecule has 0 aliphatic rings. The van der Waals surface area contributed by atoms with E-state index >= 15 is 0 Å². The molecule has 0 amide bonds. The molecule has 0 bridgehead atoms. The molecular formula is C26H33N3O3. The van der Waals surface area contributed by atoms with Gasteiger partial charge in [-0.2, -0.15) is 0 Å². The number of benzene rings is 2. The second-order valence-electron chi connectivity index (χ2n) is 7.82. The third kappa shape index (κ3) is 6.69. The number of ether oxygens (including phenoxy) is 2. The van der Waals surface area contributed by atoms with Gasteiger partial charge in [-0.25, -0.2) is 4.98 Å².